The maximum absolute atomic E-state index is 12.8. The van der Waals surface area contributed by atoms with Crippen LogP contribution >= 0.6 is 0 Å². The number of benzene rings is 2. The molecular weight excluding hydrogens is 422 g/mol. The zero-order valence-electron chi connectivity index (χ0n) is 20.1. The molecule has 0 saturated carbocycles. The van der Waals surface area contributed by atoms with E-state index in [1.807, 2.05) is 45.9 Å². The first-order valence-corrected chi connectivity index (χ1v) is 12.9. The molecule has 176 valence electrons. The first-order chi connectivity index (χ1) is 15.1. The van der Waals surface area contributed by atoms with E-state index in [2.05, 4.69) is 30.5 Å². The highest BCUT2D eigenvalue weighted by atomic mass is 32.2. The van der Waals surface area contributed by atoms with Crippen molar-refractivity contribution in [2.45, 2.75) is 70.9 Å². The van der Waals surface area contributed by atoms with Gasteiger partial charge < -0.3 is 5.32 Å². The van der Waals surface area contributed by atoms with Crippen LogP contribution in [0.2, 0.25) is 0 Å². The molecule has 2 aromatic rings. The summed E-state index contributed by atoms with van der Waals surface area (Å²) in [5.41, 5.74) is 2.90. The molecule has 2 N–H and O–H groups in total. The quantitative estimate of drug-likeness (QED) is 0.500. The summed E-state index contributed by atoms with van der Waals surface area (Å²) in [5, 5.41) is 6.36. The van der Waals surface area contributed by atoms with Crippen molar-refractivity contribution in [3.05, 3.63) is 59.7 Å². The van der Waals surface area contributed by atoms with Gasteiger partial charge in [-0.3, -0.25) is 10.1 Å². The Morgan fingerprint density at radius 2 is 1.53 bits per heavy atom. The second-order valence-electron chi connectivity index (χ2n) is 8.15. The standard InChI is InChI=1S/C25H37N3O3S/c1-7-18(4)23-12-10-11-13-24(23)27-25(29)20(6)26-19(5)21-14-16-22(17-15-21)32(30,31)28(8-2)9-3/h10-20,26H,7-9H2,1-6H3,(H,27,29). The maximum atomic E-state index is 12.8. The van der Waals surface area contributed by atoms with E-state index in [1.165, 1.54) is 4.31 Å². The molecule has 0 radical (unpaired) electrons. The van der Waals surface area contributed by atoms with Gasteiger partial charge in [0.1, 0.15) is 0 Å². The van der Waals surface area contributed by atoms with Gasteiger partial charge in [-0.25, -0.2) is 8.42 Å². The number of anilines is 1. The molecule has 0 aliphatic heterocycles. The van der Waals surface area contributed by atoms with E-state index in [9.17, 15) is 13.2 Å². The van der Waals surface area contributed by atoms with Gasteiger partial charge >= 0.3 is 0 Å². The SMILES string of the molecule is CCC(C)c1ccccc1NC(=O)C(C)NC(C)c1ccc(S(=O)(=O)N(CC)CC)cc1. The second-order valence-corrected chi connectivity index (χ2v) is 10.1. The zero-order chi connectivity index (χ0) is 23.9. The third kappa shape index (κ3) is 6.18. The van der Waals surface area contributed by atoms with Crippen molar-refractivity contribution in [3.8, 4) is 0 Å². The smallest absolute Gasteiger partial charge is 0.243 e. The maximum Gasteiger partial charge on any atom is 0.243 e. The van der Waals surface area contributed by atoms with Gasteiger partial charge in [0.2, 0.25) is 15.9 Å². The lowest BCUT2D eigenvalue weighted by atomic mass is 9.97. The number of amides is 1. The number of para-hydroxylation sites is 1. The summed E-state index contributed by atoms with van der Waals surface area (Å²) < 4.78 is 26.8. The molecule has 0 spiro atoms. The first-order valence-electron chi connectivity index (χ1n) is 11.4. The highest BCUT2D eigenvalue weighted by molar-refractivity contribution is 7.89. The molecule has 0 aromatic heterocycles. The molecule has 2 rings (SSSR count). The highest BCUT2D eigenvalue weighted by Gasteiger charge is 2.22. The summed E-state index contributed by atoms with van der Waals surface area (Å²) in [6.07, 6.45) is 0.998. The third-order valence-electron chi connectivity index (χ3n) is 5.98. The predicted molar refractivity (Wildman–Crippen MR) is 131 cm³/mol. The van der Waals surface area contributed by atoms with Crippen molar-refractivity contribution >= 4 is 21.6 Å². The fourth-order valence-electron chi connectivity index (χ4n) is 3.69. The van der Waals surface area contributed by atoms with Crippen LogP contribution in [0.25, 0.3) is 0 Å². The van der Waals surface area contributed by atoms with Crippen molar-refractivity contribution in [1.29, 1.82) is 0 Å². The molecule has 0 bridgehead atoms. The minimum atomic E-state index is -3.48. The average molecular weight is 460 g/mol. The Bertz CT molecular complexity index is 986. The lowest BCUT2D eigenvalue weighted by molar-refractivity contribution is -0.117. The van der Waals surface area contributed by atoms with Gasteiger partial charge in [0, 0.05) is 24.8 Å². The summed E-state index contributed by atoms with van der Waals surface area (Å²) >= 11 is 0. The van der Waals surface area contributed by atoms with E-state index in [0.29, 0.717) is 19.0 Å². The monoisotopic (exact) mass is 459 g/mol. The predicted octanol–water partition coefficient (Wildman–Crippen LogP) is 4.91. The van der Waals surface area contributed by atoms with Crippen LogP contribution in [0.5, 0.6) is 0 Å². The molecule has 1 amide bonds. The van der Waals surface area contributed by atoms with Crippen LogP contribution in [0.1, 0.15) is 71.0 Å². The van der Waals surface area contributed by atoms with Gasteiger partial charge in [-0.05, 0) is 55.5 Å². The van der Waals surface area contributed by atoms with Gasteiger partial charge in [0.25, 0.3) is 0 Å². The normalized spacial score (nSPS) is 14.7. The number of nitrogens with zero attached hydrogens (tertiary/aromatic N) is 1. The molecular formula is C25H37N3O3S. The molecule has 0 aliphatic rings. The molecule has 0 saturated heterocycles. The molecule has 6 nitrogen and oxygen atoms in total. The Hall–Kier alpha value is -2.22. The summed E-state index contributed by atoms with van der Waals surface area (Å²) in [7, 11) is -3.48. The van der Waals surface area contributed by atoms with Gasteiger partial charge in [0.05, 0.1) is 10.9 Å². The van der Waals surface area contributed by atoms with Crippen LogP contribution in [0, 0.1) is 0 Å². The fourth-order valence-corrected chi connectivity index (χ4v) is 5.15. The fraction of sp³-hybridized carbons (Fsp3) is 0.480. The van der Waals surface area contributed by atoms with Crippen molar-refractivity contribution in [2.75, 3.05) is 18.4 Å². The summed E-state index contributed by atoms with van der Waals surface area (Å²) in [6, 6.07) is 14.2. The Labute approximate surface area is 193 Å². The zero-order valence-corrected chi connectivity index (χ0v) is 20.9. The van der Waals surface area contributed by atoms with Crippen molar-refractivity contribution in [3.63, 3.8) is 0 Å². The summed E-state index contributed by atoms with van der Waals surface area (Å²) in [6.45, 7) is 12.6. The minimum absolute atomic E-state index is 0.103. The number of nitrogens with one attached hydrogen (secondary N) is 2. The second kappa shape index (κ2) is 11.6. The number of hydrogen-bond donors (Lipinski definition) is 2. The Morgan fingerprint density at radius 1 is 0.938 bits per heavy atom. The van der Waals surface area contributed by atoms with Crippen molar-refractivity contribution in [2.24, 2.45) is 0 Å². The number of sulfonamides is 1. The first kappa shape index (κ1) is 26.0. The average Bonchev–Trinajstić information content (AvgIpc) is 2.79. The van der Waals surface area contributed by atoms with Gasteiger partial charge in [-0.2, -0.15) is 4.31 Å². The molecule has 3 unspecified atom stereocenters. The number of carbonyl (C=O) groups excluding carboxylic acids is 1. The number of rotatable bonds is 11. The Morgan fingerprint density at radius 3 is 2.09 bits per heavy atom. The van der Waals surface area contributed by atoms with E-state index >= 15 is 0 Å². The van der Waals surface area contributed by atoms with E-state index in [1.54, 1.807) is 24.3 Å². The van der Waals surface area contributed by atoms with Crippen LogP contribution in [-0.2, 0) is 14.8 Å². The van der Waals surface area contributed by atoms with Crippen LogP contribution in [-0.4, -0.2) is 37.8 Å². The Kier molecular flexibility index (Phi) is 9.43. The molecule has 32 heavy (non-hydrogen) atoms. The van der Waals surface area contributed by atoms with Gasteiger partial charge in [-0.15, -0.1) is 0 Å². The van der Waals surface area contributed by atoms with E-state index in [-0.39, 0.29) is 16.8 Å². The van der Waals surface area contributed by atoms with Crippen molar-refractivity contribution < 1.29 is 13.2 Å². The lowest BCUT2D eigenvalue weighted by Crippen LogP contribution is -2.39. The van der Waals surface area contributed by atoms with E-state index in [0.717, 1.165) is 23.2 Å². The molecule has 0 heterocycles. The minimum Gasteiger partial charge on any atom is -0.324 e. The van der Waals surface area contributed by atoms with E-state index in [4.69, 9.17) is 0 Å². The largest absolute Gasteiger partial charge is 0.324 e. The molecule has 7 heteroatoms. The van der Waals surface area contributed by atoms with Crippen LogP contribution < -0.4 is 10.6 Å². The van der Waals surface area contributed by atoms with E-state index < -0.39 is 16.1 Å². The van der Waals surface area contributed by atoms with Crippen LogP contribution in [0.15, 0.2) is 53.4 Å². The van der Waals surface area contributed by atoms with Gasteiger partial charge in [0.15, 0.2) is 0 Å². The van der Waals surface area contributed by atoms with Gasteiger partial charge in [-0.1, -0.05) is 58.0 Å². The van der Waals surface area contributed by atoms with Crippen molar-refractivity contribution in [1.82, 2.24) is 9.62 Å². The molecule has 3 atom stereocenters. The van der Waals surface area contributed by atoms with Crippen LogP contribution in [0.4, 0.5) is 5.69 Å². The van der Waals surface area contributed by atoms with Crippen LogP contribution in [0.3, 0.4) is 0 Å². The number of carbonyl (C=O) groups is 1. The highest BCUT2D eigenvalue weighted by Crippen LogP contribution is 2.27. The summed E-state index contributed by atoms with van der Waals surface area (Å²) in [5.74, 6) is 0.258. The lowest BCUT2D eigenvalue weighted by Gasteiger charge is -2.22. The number of hydrogen-bond acceptors (Lipinski definition) is 4. The molecule has 0 aliphatic carbocycles. The summed E-state index contributed by atoms with van der Waals surface area (Å²) in [4.78, 5) is 13.1. The molecule has 0 fully saturated rings. The third-order valence-corrected chi connectivity index (χ3v) is 8.04. The topological polar surface area (TPSA) is 78.5 Å². The molecule has 2 aromatic carbocycles. The Balaban J connectivity index is 2.06.